The maximum absolute atomic E-state index is 6.74. The van der Waals surface area contributed by atoms with Gasteiger partial charge in [-0.25, -0.2) is 0 Å². The van der Waals surface area contributed by atoms with E-state index in [9.17, 15) is 0 Å². The second-order valence-electron chi connectivity index (χ2n) is 15.8. The summed E-state index contributed by atoms with van der Waals surface area (Å²) in [5, 5.41) is 4.60. The zero-order valence-electron chi connectivity index (χ0n) is 32.0. The summed E-state index contributed by atoms with van der Waals surface area (Å²) in [5.41, 5.74) is 17.6. The number of benzene rings is 8. The highest BCUT2D eigenvalue weighted by molar-refractivity contribution is 6.24. The standard InChI is InChI=1S/C55H38N2O/c1-35-12-10-20-50-53(35)46-33-40(24-29-48(46)57(50)43-18-11-17-39(32-43)37-15-6-3-7-16-37)41-25-30-49-47(34-41)54-51(31-28-45-44-19-8-9-21-52(44)58-55(45)54)56(49)42-26-22-38(23-27-42)36-13-4-2-5-14-36/h2-35,53H,1H3. The summed E-state index contributed by atoms with van der Waals surface area (Å²) in [4.78, 5) is 2.48. The highest BCUT2D eigenvalue weighted by Gasteiger charge is 2.38. The first-order chi connectivity index (χ1) is 28.7. The van der Waals surface area contributed by atoms with E-state index in [1.54, 1.807) is 0 Å². The predicted molar refractivity (Wildman–Crippen MR) is 242 cm³/mol. The third-order valence-electron chi connectivity index (χ3n) is 12.4. The van der Waals surface area contributed by atoms with Crippen LogP contribution in [0.25, 0.3) is 82.8 Å². The average Bonchev–Trinajstić information content (AvgIpc) is 3.95. The Labute approximate surface area is 337 Å². The molecular weight excluding hydrogens is 705 g/mol. The van der Waals surface area contributed by atoms with Gasteiger partial charge in [-0.15, -0.1) is 0 Å². The van der Waals surface area contributed by atoms with Crippen LogP contribution in [-0.4, -0.2) is 4.57 Å². The van der Waals surface area contributed by atoms with E-state index < -0.39 is 0 Å². The van der Waals surface area contributed by atoms with Crippen LogP contribution in [0, 0.1) is 5.92 Å². The summed E-state index contributed by atoms with van der Waals surface area (Å²) < 4.78 is 9.13. The van der Waals surface area contributed by atoms with Gasteiger partial charge in [-0.3, -0.25) is 0 Å². The Hall–Kier alpha value is -7.36. The van der Waals surface area contributed by atoms with Gasteiger partial charge in [-0.05, 0) is 118 Å². The summed E-state index contributed by atoms with van der Waals surface area (Å²) in [5.74, 6) is 0.631. The van der Waals surface area contributed by atoms with Crippen molar-refractivity contribution in [2.75, 3.05) is 4.90 Å². The van der Waals surface area contributed by atoms with Crippen molar-refractivity contribution in [2.45, 2.75) is 12.8 Å². The molecule has 0 amide bonds. The molecule has 2 aliphatic rings. The second kappa shape index (κ2) is 12.8. The molecule has 0 fully saturated rings. The molecule has 3 nitrogen and oxygen atoms in total. The van der Waals surface area contributed by atoms with Gasteiger partial charge in [-0.1, -0.05) is 134 Å². The number of aromatic nitrogens is 1. The Bertz CT molecular complexity index is 3290. The lowest BCUT2D eigenvalue weighted by atomic mass is 9.83. The van der Waals surface area contributed by atoms with E-state index in [0.29, 0.717) is 5.92 Å². The number of hydrogen-bond acceptors (Lipinski definition) is 2. The van der Waals surface area contributed by atoms with Gasteiger partial charge in [0.25, 0.3) is 0 Å². The smallest absolute Gasteiger partial charge is 0.145 e. The van der Waals surface area contributed by atoms with Crippen molar-refractivity contribution in [1.29, 1.82) is 0 Å². The fourth-order valence-electron chi connectivity index (χ4n) is 9.72. The number of para-hydroxylation sites is 1. The fraction of sp³-hybridized carbons (Fsp3) is 0.0545. The summed E-state index contributed by atoms with van der Waals surface area (Å²) in [7, 11) is 0. The Morgan fingerprint density at radius 1 is 0.483 bits per heavy atom. The van der Waals surface area contributed by atoms with Crippen molar-refractivity contribution in [3.63, 3.8) is 0 Å². The minimum atomic E-state index is 0.264. The number of fused-ring (bicyclic) bond motifs is 10. The molecule has 3 heteroatoms. The van der Waals surface area contributed by atoms with Crippen LogP contribution < -0.4 is 4.90 Å². The van der Waals surface area contributed by atoms with Crippen LogP contribution in [0.4, 0.5) is 11.4 Å². The lowest BCUT2D eigenvalue weighted by Crippen LogP contribution is -2.18. The van der Waals surface area contributed by atoms with E-state index in [-0.39, 0.29) is 5.92 Å². The highest BCUT2D eigenvalue weighted by atomic mass is 16.3. The van der Waals surface area contributed by atoms with Crippen molar-refractivity contribution < 1.29 is 4.42 Å². The van der Waals surface area contributed by atoms with Gasteiger partial charge in [0.05, 0.1) is 16.4 Å². The molecule has 0 saturated heterocycles. The van der Waals surface area contributed by atoms with E-state index in [1.165, 1.54) is 61.4 Å². The fourth-order valence-corrected chi connectivity index (χ4v) is 9.72. The predicted octanol–water partition coefficient (Wildman–Crippen LogP) is 15.0. The van der Waals surface area contributed by atoms with Gasteiger partial charge in [0.15, 0.2) is 0 Å². The largest absolute Gasteiger partial charge is 0.455 e. The van der Waals surface area contributed by atoms with Gasteiger partial charge >= 0.3 is 0 Å². The maximum atomic E-state index is 6.74. The van der Waals surface area contributed by atoms with Crippen LogP contribution >= 0.6 is 0 Å². The van der Waals surface area contributed by atoms with E-state index in [2.05, 4.69) is 217 Å². The van der Waals surface area contributed by atoms with Crippen LogP contribution in [0.2, 0.25) is 0 Å². The van der Waals surface area contributed by atoms with Gasteiger partial charge < -0.3 is 13.9 Å². The summed E-state index contributed by atoms with van der Waals surface area (Å²) in [6, 6.07) is 66.1. The van der Waals surface area contributed by atoms with Gasteiger partial charge in [-0.2, -0.15) is 0 Å². The molecule has 0 spiro atoms. The van der Waals surface area contributed by atoms with Crippen LogP contribution in [0.15, 0.2) is 210 Å². The molecule has 2 unspecified atom stereocenters. The van der Waals surface area contributed by atoms with E-state index >= 15 is 0 Å². The van der Waals surface area contributed by atoms with Crippen molar-refractivity contribution in [1.82, 2.24) is 4.57 Å². The van der Waals surface area contributed by atoms with Crippen LogP contribution in [0.5, 0.6) is 0 Å². The highest BCUT2D eigenvalue weighted by Crippen LogP contribution is 2.54. The van der Waals surface area contributed by atoms with Crippen molar-refractivity contribution in [3.05, 3.63) is 211 Å². The zero-order valence-corrected chi connectivity index (χ0v) is 32.0. The minimum Gasteiger partial charge on any atom is -0.455 e. The number of nitrogens with zero attached hydrogens (tertiary/aromatic N) is 2. The molecule has 10 aromatic rings. The summed E-state index contributed by atoms with van der Waals surface area (Å²) >= 11 is 0. The molecule has 0 radical (unpaired) electrons. The topological polar surface area (TPSA) is 21.3 Å². The summed E-state index contributed by atoms with van der Waals surface area (Å²) in [6.07, 6.45) is 6.89. The SMILES string of the molecule is CC1C=CC=C2C1c1cc(-c3ccc4c(c3)c3c5oc6ccccc6c5ccc3n4-c3ccc(-c4ccccc4)cc3)ccc1N2c1cccc(-c2ccccc2)c1. The van der Waals surface area contributed by atoms with Crippen LogP contribution in [-0.2, 0) is 0 Å². The molecule has 0 bridgehead atoms. The normalized spacial score (nSPS) is 16.0. The van der Waals surface area contributed by atoms with Crippen LogP contribution in [0.1, 0.15) is 18.4 Å². The zero-order chi connectivity index (χ0) is 38.3. The molecule has 2 atom stereocenters. The van der Waals surface area contributed by atoms with E-state index in [4.69, 9.17) is 4.42 Å². The number of rotatable bonds is 5. The van der Waals surface area contributed by atoms with E-state index in [1.807, 2.05) is 0 Å². The Balaban J connectivity index is 1.03. The molecule has 0 saturated carbocycles. The van der Waals surface area contributed by atoms with Gasteiger partial charge in [0, 0.05) is 44.8 Å². The Morgan fingerprint density at radius 2 is 1.14 bits per heavy atom. The molecular formula is C55H38N2O. The second-order valence-corrected chi connectivity index (χ2v) is 15.8. The third kappa shape index (κ3) is 5.00. The number of hydrogen-bond donors (Lipinski definition) is 0. The number of anilines is 2. The van der Waals surface area contributed by atoms with Crippen molar-refractivity contribution in [3.8, 4) is 39.1 Å². The molecule has 3 heterocycles. The average molecular weight is 743 g/mol. The molecule has 1 aliphatic heterocycles. The molecule has 12 rings (SSSR count). The molecule has 2 aromatic heterocycles. The number of allylic oxidation sites excluding steroid dienone is 4. The monoisotopic (exact) mass is 742 g/mol. The van der Waals surface area contributed by atoms with Gasteiger partial charge in [0.2, 0.25) is 0 Å². The molecule has 58 heavy (non-hydrogen) atoms. The lowest BCUT2D eigenvalue weighted by Gasteiger charge is -2.27. The quantitative estimate of drug-likeness (QED) is 0.175. The van der Waals surface area contributed by atoms with Gasteiger partial charge in [0.1, 0.15) is 11.2 Å². The molecule has 8 aromatic carbocycles. The van der Waals surface area contributed by atoms with E-state index in [0.717, 1.165) is 44.0 Å². The first-order valence-electron chi connectivity index (χ1n) is 20.2. The van der Waals surface area contributed by atoms with Crippen LogP contribution in [0.3, 0.4) is 0 Å². The molecule has 274 valence electrons. The minimum absolute atomic E-state index is 0.264. The summed E-state index contributed by atoms with van der Waals surface area (Å²) in [6.45, 7) is 2.35. The van der Waals surface area contributed by atoms with Crippen molar-refractivity contribution in [2.24, 2.45) is 5.92 Å². The van der Waals surface area contributed by atoms with Crippen molar-refractivity contribution >= 4 is 55.1 Å². The Morgan fingerprint density at radius 3 is 1.97 bits per heavy atom. The first-order valence-corrected chi connectivity index (χ1v) is 20.2. The Kier molecular flexibility index (Phi) is 7.27. The number of furan rings is 1. The maximum Gasteiger partial charge on any atom is 0.145 e. The molecule has 0 N–H and O–H groups in total. The molecule has 1 aliphatic carbocycles. The third-order valence-corrected chi connectivity index (χ3v) is 12.4. The first kappa shape index (κ1) is 32.8. The lowest BCUT2D eigenvalue weighted by molar-refractivity contribution is 0.618.